The summed E-state index contributed by atoms with van der Waals surface area (Å²) in [5.41, 5.74) is 6.23. The van der Waals surface area contributed by atoms with E-state index in [0.717, 1.165) is 12.1 Å². The summed E-state index contributed by atoms with van der Waals surface area (Å²) in [6, 6.07) is 7.37. The molecule has 1 heterocycles. The van der Waals surface area contributed by atoms with Crippen molar-refractivity contribution in [3.63, 3.8) is 0 Å². The fourth-order valence-electron chi connectivity index (χ4n) is 2.00. The van der Waals surface area contributed by atoms with Crippen molar-refractivity contribution in [2.45, 2.75) is 13.3 Å². The molecule has 1 aromatic carbocycles. The standard InChI is InChI=1S/C13H17N3O3/c1-9(12(14)15-18)13(17)16-7-4-8-19-11-6-3-2-5-10(11)16/h2-3,5-6,9,18H,4,7-8H2,1H3,(H2,14,15). The maximum absolute atomic E-state index is 12.4. The van der Waals surface area contributed by atoms with Crippen LogP contribution in [-0.4, -0.2) is 30.1 Å². The van der Waals surface area contributed by atoms with Gasteiger partial charge in [0.25, 0.3) is 0 Å². The molecule has 0 saturated carbocycles. The molecular formula is C13H17N3O3. The van der Waals surface area contributed by atoms with Gasteiger partial charge in [-0.15, -0.1) is 0 Å². The van der Waals surface area contributed by atoms with Gasteiger partial charge in [-0.3, -0.25) is 4.79 Å². The molecule has 0 fully saturated rings. The number of anilines is 1. The van der Waals surface area contributed by atoms with Gasteiger partial charge in [0.05, 0.1) is 18.2 Å². The number of rotatable bonds is 2. The van der Waals surface area contributed by atoms with Crippen LogP contribution < -0.4 is 15.4 Å². The molecule has 102 valence electrons. The summed E-state index contributed by atoms with van der Waals surface area (Å²) >= 11 is 0. The molecule has 19 heavy (non-hydrogen) atoms. The lowest BCUT2D eigenvalue weighted by molar-refractivity contribution is -0.120. The van der Waals surface area contributed by atoms with E-state index in [1.165, 1.54) is 0 Å². The number of hydrogen-bond acceptors (Lipinski definition) is 4. The van der Waals surface area contributed by atoms with Crippen LogP contribution in [-0.2, 0) is 4.79 Å². The lowest BCUT2D eigenvalue weighted by Gasteiger charge is -2.24. The van der Waals surface area contributed by atoms with E-state index in [2.05, 4.69) is 5.16 Å². The van der Waals surface area contributed by atoms with E-state index in [0.29, 0.717) is 18.9 Å². The largest absolute Gasteiger partial charge is 0.491 e. The zero-order valence-corrected chi connectivity index (χ0v) is 10.7. The number of benzene rings is 1. The highest BCUT2D eigenvalue weighted by molar-refractivity contribution is 6.09. The van der Waals surface area contributed by atoms with E-state index in [1.807, 2.05) is 24.3 Å². The van der Waals surface area contributed by atoms with Gasteiger partial charge in [0.15, 0.2) is 5.84 Å². The fourth-order valence-corrected chi connectivity index (χ4v) is 2.00. The number of hydrogen-bond donors (Lipinski definition) is 2. The van der Waals surface area contributed by atoms with E-state index in [9.17, 15) is 4.79 Å². The molecule has 0 saturated heterocycles. The topological polar surface area (TPSA) is 88.2 Å². The van der Waals surface area contributed by atoms with Crippen LogP contribution in [0.2, 0.25) is 0 Å². The van der Waals surface area contributed by atoms with E-state index in [4.69, 9.17) is 15.7 Å². The van der Waals surface area contributed by atoms with Crippen molar-refractivity contribution in [2.24, 2.45) is 16.8 Å². The summed E-state index contributed by atoms with van der Waals surface area (Å²) in [6.07, 6.45) is 0.739. The normalized spacial score (nSPS) is 17.1. The van der Waals surface area contributed by atoms with E-state index < -0.39 is 5.92 Å². The summed E-state index contributed by atoms with van der Waals surface area (Å²) in [5.74, 6) is -0.280. The highest BCUT2D eigenvalue weighted by Gasteiger charge is 2.27. The first-order chi connectivity index (χ1) is 9.15. The van der Waals surface area contributed by atoms with Gasteiger partial charge in [-0.25, -0.2) is 0 Å². The SMILES string of the molecule is CC(C(=O)N1CCCOc2ccccc21)/C(N)=N/O. The number of carbonyl (C=O) groups excluding carboxylic acids is 1. The molecule has 0 bridgehead atoms. The number of fused-ring (bicyclic) bond motifs is 1. The molecule has 2 rings (SSSR count). The van der Waals surface area contributed by atoms with Crippen LogP contribution in [0.25, 0.3) is 0 Å². The second-order valence-electron chi connectivity index (χ2n) is 4.41. The Labute approximate surface area is 111 Å². The minimum Gasteiger partial charge on any atom is -0.491 e. The van der Waals surface area contributed by atoms with Crippen molar-refractivity contribution in [1.82, 2.24) is 0 Å². The Balaban J connectivity index is 2.32. The summed E-state index contributed by atoms with van der Waals surface area (Å²) in [6.45, 7) is 2.74. The van der Waals surface area contributed by atoms with Crippen molar-refractivity contribution in [2.75, 3.05) is 18.1 Å². The van der Waals surface area contributed by atoms with E-state index in [1.54, 1.807) is 11.8 Å². The zero-order valence-electron chi connectivity index (χ0n) is 10.7. The molecule has 1 aliphatic rings. The highest BCUT2D eigenvalue weighted by Crippen LogP contribution is 2.31. The number of nitrogens with zero attached hydrogens (tertiary/aromatic N) is 2. The Kier molecular flexibility index (Phi) is 3.89. The first kappa shape index (κ1) is 13.2. The zero-order chi connectivity index (χ0) is 13.8. The average Bonchev–Trinajstić information content (AvgIpc) is 2.67. The monoisotopic (exact) mass is 263 g/mol. The number of ether oxygens (including phenoxy) is 1. The maximum atomic E-state index is 12.4. The molecule has 6 nitrogen and oxygen atoms in total. The molecule has 3 N–H and O–H groups in total. The molecule has 0 aromatic heterocycles. The van der Waals surface area contributed by atoms with Gasteiger partial charge >= 0.3 is 0 Å². The van der Waals surface area contributed by atoms with Crippen LogP contribution >= 0.6 is 0 Å². The Hall–Kier alpha value is -2.24. The molecule has 0 spiro atoms. The number of para-hydroxylation sites is 2. The molecule has 1 aromatic rings. The second kappa shape index (κ2) is 5.60. The predicted octanol–water partition coefficient (Wildman–Crippen LogP) is 1.18. The third-order valence-electron chi connectivity index (χ3n) is 3.14. The fraction of sp³-hybridized carbons (Fsp3) is 0.385. The molecule has 6 heteroatoms. The van der Waals surface area contributed by atoms with Gasteiger partial charge in [-0.05, 0) is 25.5 Å². The lowest BCUT2D eigenvalue weighted by Crippen LogP contribution is -2.41. The van der Waals surface area contributed by atoms with Crippen LogP contribution in [0.3, 0.4) is 0 Å². The van der Waals surface area contributed by atoms with Crippen LogP contribution in [0.4, 0.5) is 5.69 Å². The van der Waals surface area contributed by atoms with Gasteiger partial charge in [0.2, 0.25) is 5.91 Å². The number of nitrogens with two attached hydrogens (primary N) is 1. The van der Waals surface area contributed by atoms with Crippen molar-refractivity contribution >= 4 is 17.4 Å². The Morgan fingerprint density at radius 3 is 3.00 bits per heavy atom. The first-order valence-corrected chi connectivity index (χ1v) is 6.15. The summed E-state index contributed by atoms with van der Waals surface area (Å²) < 4.78 is 5.59. The quantitative estimate of drug-likeness (QED) is 0.363. The molecule has 1 atom stereocenters. The smallest absolute Gasteiger partial charge is 0.237 e. The van der Waals surface area contributed by atoms with E-state index >= 15 is 0 Å². The van der Waals surface area contributed by atoms with Crippen LogP contribution in [0, 0.1) is 5.92 Å². The van der Waals surface area contributed by atoms with Crippen molar-refractivity contribution in [3.05, 3.63) is 24.3 Å². The van der Waals surface area contributed by atoms with Crippen molar-refractivity contribution in [1.29, 1.82) is 0 Å². The Bertz CT molecular complexity index is 502. The minimum absolute atomic E-state index is 0.0901. The average molecular weight is 263 g/mol. The van der Waals surface area contributed by atoms with Crippen molar-refractivity contribution in [3.8, 4) is 5.75 Å². The van der Waals surface area contributed by atoms with Gasteiger partial charge in [0.1, 0.15) is 5.75 Å². The summed E-state index contributed by atoms with van der Waals surface area (Å²) in [4.78, 5) is 14.0. The third-order valence-corrected chi connectivity index (χ3v) is 3.14. The molecule has 0 radical (unpaired) electrons. The van der Waals surface area contributed by atoms with Crippen LogP contribution in [0.5, 0.6) is 5.75 Å². The summed E-state index contributed by atoms with van der Waals surface area (Å²) in [7, 11) is 0. The van der Waals surface area contributed by atoms with Gasteiger partial charge in [-0.2, -0.15) is 0 Å². The van der Waals surface area contributed by atoms with Crippen LogP contribution in [0.15, 0.2) is 29.4 Å². The van der Waals surface area contributed by atoms with Crippen LogP contribution in [0.1, 0.15) is 13.3 Å². The van der Waals surface area contributed by atoms with Gasteiger partial charge in [-0.1, -0.05) is 17.3 Å². The molecule has 1 unspecified atom stereocenters. The minimum atomic E-state index is -0.670. The number of amidine groups is 1. The molecule has 1 aliphatic heterocycles. The number of carbonyl (C=O) groups is 1. The predicted molar refractivity (Wildman–Crippen MR) is 71.5 cm³/mol. The van der Waals surface area contributed by atoms with Crippen molar-refractivity contribution < 1.29 is 14.7 Å². The Morgan fingerprint density at radius 1 is 1.53 bits per heavy atom. The van der Waals surface area contributed by atoms with Gasteiger partial charge in [0, 0.05) is 6.54 Å². The number of amides is 1. The molecule has 1 amide bonds. The maximum Gasteiger partial charge on any atom is 0.237 e. The lowest BCUT2D eigenvalue weighted by atomic mass is 10.1. The summed E-state index contributed by atoms with van der Waals surface area (Å²) in [5, 5.41) is 11.6. The third kappa shape index (κ3) is 2.62. The first-order valence-electron chi connectivity index (χ1n) is 6.15. The molecule has 0 aliphatic carbocycles. The molecular weight excluding hydrogens is 246 g/mol. The number of oxime groups is 1. The second-order valence-corrected chi connectivity index (χ2v) is 4.41. The highest BCUT2D eigenvalue weighted by atomic mass is 16.5. The van der Waals surface area contributed by atoms with E-state index in [-0.39, 0.29) is 11.7 Å². The Morgan fingerprint density at radius 2 is 2.26 bits per heavy atom. The van der Waals surface area contributed by atoms with Gasteiger partial charge < -0.3 is 20.6 Å².